The standard InChI is InChI=1S/C14H18FN3O4/c1-18(8-10-4-2-3-5-11(10)15)12(19)9-22-13(20)6-7-17-14(16)21/h2-5H,6-9H2,1H3,(H3,16,17,21). The second kappa shape index (κ2) is 8.60. The lowest BCUT2D eigenvalue weighted by atomic mass is 10.2. The number of urea groups is 1. The summed E-state index contributed by atoms with van der Waals surface area (Å²) in [6, 6.07) is 5.36. The summed E-state index contributed by atoms with van der Waals surface area (Å²) in [6.45, 7) is -0.333. The molecule has 0 aliphatic carbocycles. The molecule has 0 spiro atoms. The van der Waals surface area contributed by atoms with Crippen LogP contribution in [0.25, 0.3) is 0 Å². The Hall–Kier alpha value is -2.64. The normalized spacial score (nSPS) is 9.91. The van der Waals surface area contributed by atoms with Crippen molar-refractivity contribution < 1.29 is 23.5 Å². The molecule has 1 aromatic carbocycles. The van der Waals surface area contributed by atoms with E-state index < -0.39 is 30.3 Å². The Labute approximate surface area is 127 Å². The maximum absolute atomic E-state index is 13.5. The van der Waals surface area contributed by atoms with E-state index in [0.29, 0.717) is 5.56 Å². The molecule has 22 heavy (non-hydrogen) atoms. The van der Waals surface area contributed by atoms with E-state index in [0.717, 1.165) is 0 Å². The quantitative estimate of drug-likeness (QED) is 0.711. The maximum atomic E-state index is 13.5. The molecular weight excluding hydrogens is 293 g/mol. The number of carbonyl (C=O) groups is 3. The number of esters is 1. The molecule has 0 radical (unpaired) electrons. The predicted molar refractivity (Wildman–Crippen MR) is 76.0 cm³/mol. The molecule has 8 heteroatoms. The lowest BCUT2D eigenvalue weighted by Gasteiger charge is -2.17. The highest BCUT2D eigenvalue weighted by Gasteiger charge is 2.14. The fraction of sp³-hybridized carbons (Fsp3) is 0.357. The van der Waals surface area contributed by atoms with E-state index >= 15 is 0 Å². The number of ether oxygens (including phenoxy) is 1. The number of nitrogens with one attached hydrogen (secondary N) is 1. The Bertz CT molecular complexity index is 551. The van der Waals surface area contributed by atoms with Gasteiger partial charge in [-0.15, -0.1) is 0 Å². The van der Waals surface area contributed by atoms with Crippen molar-refractivity contribution in [1.29, 1.82) is 0 Å². The zero-order valence-electron chi connectivity index (χ0n) is 12.2. The lowest BCUT2D eigenvalue weighted by molar-refractivity contribution is -0.151. The Morgan fingerprint density at radius 3 is 2.64 bits per heavy atom. The Balaban J connectivity index is 2.34. The Morgan fingerprint density at radius 1 is 1.32 bits per heavy atom. The molecule has 0 aliphatic rings. The molecule has 0 heterocycles. The molecule has 7 nitrogen and oxygen atoms in total. The monoisotopic (exact) mass is 311 g/mol. The van der Waals surface area contributed by atoms with Crippen molar-refractivity contribution in [2.24, 2.45) is 5.73 Å². The average Bonchev–Trinajstić information content (AvgIpc) is 2.46. The Kier molecular flexibility index (Phi) is 6.81. The van der Waals surface area contributed by atoms with E-state index in [1.807, 2.05) is 0 Å². The number of halogens is 1. The topological polar surface area (TPSA) is 102 Å². The Morgan fingerprint density at radius 2 is 2.00 bits per heavy atom. The van der Waals surface area contributed by atoms with Gasteiger partial charge in [-0.05, 0) is 6.07 Å². The molecule has 0 bridgehead atoms. The van der Waals surface area contributed by atoms with E-state index in [1.54, 1.807) is 18.2 Å². The molecule has 0 fully saturated rings. The van der Waals surface area contributed by atoms with Gasteiger partial charge in [0.1, 0.15) is 5.82 Å². The smallest absolute Gasteiger partial charge is 0.312 e. The summed E-state index contributed by atoms with van der Waals surface area (Å²) in [4.78, 5) is 34.8. The van der Waals surface area contributed by atoms with Gasteiger partial charge in [-0.3, -0.25) is 9.59 Å². The van der Waals surface area contributed by atoms with Crippen molar-refractivity contribution in [3.63, 3.8) is 0 Å². The number of hydrogen-bond acceptors (Lipinski definition) is 4. The van der Waals surface area contributed by atoms with Crippen molar-refractivity contribution in [2.45, 2.75) is 13.0 Å². The predicted octanol–water partition coefficient (Wildman–Crippen LogP) is 0.386. The number of hydrogen-bond donors (Lipinski definition) is 2. The van der Waals surface area contributed by atoms with Gasteiger partial charge in [-0.2, -0.15) is 0 Å². The first kappa shape index (κ1) is 17.4. The van der Waals surface area contributed by atoms with Crippen LogP contribution in [0.1, 0.15) is 12.0 Å². The van der Waals surface area contributed by atoms with Crippen LogP contribution >= 0.6 is 0 Å². The fourth-order valence-electron chi connectivity index (χ4n) is 1.58. The first-order chi connectivity index (χ1) is 10.4. The van der Waals surface area contributed by atoms with Crippen LogP contribution in [-0.2, 0) is 20.9 Å². The van der Waals surface area contributed by atoms with E-state index in [2.05, 4.69) is 5.32 Å². The number of benzene rings is 1. The molecule has 0 atom stereocenters. The zero-order chi connectivity index (χ0) is 16.5. The molecule has 0 saturated heterocycles. The van der Waals surface area contributed by atoms with Gasteiger partial charge in [0.25, 0.3) is 5.91 Å². The number of nitrogens with zero attached hydrogens (tertiary/aromatic N) is 1. The lowest BCUT2D eigenvalue weighted by Crippen LogP contribution is -2.33. The number of nitrogens with two attached hydrogens (primary N) is 1. The minimum Gasteiger partial charge on any atom is -0.456 e. The minimum atomic E-state index is -0.742. The molecule has 3 N–H and O–H groups in total. The average molecular weight is 311 g/mol. The fourth-order valence-corrected chi connectivity index (χ4v) is 1.58. The van der Waals surface area contributed by atoms with Crippen LogP contribution in [-0.4, -0.2) is 43.0 Å². The molecular formula is C14H18FN3O4. The van der Waals surface area contributed by atoms with Gasteiger partial charge in [0, 0.05) is 25.7 Å². The number of amides is 3. The summed E-state index contributed by atoms with van der Waals surface area (Å²) >= 11 is 0. The summed E-state index contributed by atoms with van der Waals surface area (Å²) in [5.41, 5.74) is 5.20. The van der Waals surface area contributed by atoms with Crippen molar-refractivity contribution in [1.82, 2.24) is 10.2 Å². The SMILES string of the molecule is CN(Cc1ccccc1F)C(=O)COC(=O)CCNC(N)=O. The second-order valence-electron chi connectivity index (χ2n) is 4.54. The summed E-state index contributed by atoms with van der Waals surface area (Å²) in [6.07, 6.45) is -0.0900. The molecule has 1 rings (SSSR count). The third-order valence-corrected chi connectivity index (χ3v) is 2.78. The molecule has 0 aliphatic heterocycles. The van der Waals surface area contributed by atoms with Crippen LogP contribution in [0.4, 0.5) is 9.18 Å². The van der Waals surface area contributed by atoms with E-state index in [4.69, 9.17) is 10.5 Å². The van der Waals surface area contributed by atoms with E-state index in [9.17, 15) is 18.8 Å². The number of carbonyl (C=O) groups excluding carboxylic acids is 3. The van der Waals surface area contributed by atoms with Crippen LogP contribution < -0.4 is 11.1 Å². The largest absolute Gasteiger partial charge is 0.456 e. The van der Waals surface area contributed by atoms with Crippen LogP contribution in [0.2, 0.25) is 0 Å². The summed E-state index contributed by atoms with van der Waals surface area (Å²) in [7, 11) is 1.48. The van der Waals surface area contributed by atoms with Crippen molar-refractivity contribution in [3.8, 4) is 0 Å². The highest BCUT2D eigenvalue weighted by atomic mass is 19.1. The number of primary amides is 1. The first-order valence-corrected chi connectivity index (χ1v) is 6.56. The van der Waals surface area contributed by atoms with Crippen LogP contribution in [0.3, 0.4) is 0 Å². The van der Waals surface area contributed by atoms with Gasteiger partial charge >= 0.3 is 12.0 Å². The first-order valence-electron chi connectivity index (χ1n) is 6.56. The molecule has 0 saturated carbocycles. The number of rotatable bonds is 7. The minimum absolute atomic E-state index is 0.0351. The van der Waals surface area contributed by atoms with E-state index in [1.165, 1.54) is 18.0 Å². The third-order valence-electron chi connectivity index (χ3n) is 2.78. The summed E-state index contributed by atoms with van der Waals surface area (Å²) in [5.74, 6) is -1.50. The van der Waals surface area contributed by atoms with Gasteiger partial charge in [0.15, 0.2) is 6.61 Å². The number of likely N-dealkylation sites (N-methyl/N-ethyl adjacent to an activating group) is 1. The molecule has 3 amide bonds. The van der Waals surface area contributed by atoms with Gasteiger partial charge < -0.3 is 20.7 Å². The second-order valence-corrected chi connectivity index (χ2v) is 4.54. The van der Waals surface area contributed by atoms with Crippen LogP contribution in [0.5, 0.6) is 0 Å². The third kappa shape index (κ3) is 6.21. The van der Waals surface area contributed by atoms with Gasteiger partial charge in [0.05, 0.1) is 6.42 Å². The van der Waals surface area contributed by atoms with Gasteiger partial charge in [-0.1, -0.05) is 18.2 Å². The maximum Gasteiger partial charge on any atom is 0.312 e. The van der Waals surface area contributed by atoms with Crippen molar-refractivity contribution in [2.75, 3.05) is 20.2 Å². The summed E-state index contributed by atoms with van der Waals surface area (Å²) in [5, 5.41) is 2.23. The molecule has 1 aromatic rings. The highest BCUT2D eigenvalue weighted by Crippen LogP contribution is 2.08. The van der Waals surface area contributed by atoms with Gasteiger partial charge in [0.2, 0.25) is 0 Å². The van der Waals surface area contributed by atoms with Crippen molar-refractivity contribution >= 4 is 17.9 Å². The highest BCUT2D eigenvalue weighted by molar-refractivity contribution is 5.80. The molecule has 120 valence electrons. The zero-order valence-corrected chi connectivity index (χ0v) is 12.2. The molecule has 0 aromatic heterocycles. The van der Waals surface area contributed by atoms with Gasteiger partial charge in [-0.25, -0.2) is 9.18 Å². The van der Waals surface area contributed by atoms with E-state index in [-0.39, 0.29) is 19.5 Å². The van der Waals surface area contributed by atoms with Crippen LogP contribution in [0.15, 0.2) is 24.3 Å². The summed E-state index contributed by atoms with van der Waals surface area (Å²) < 4.78 is 18.2. The van der Waals surface area contributed by atoms with Crippen LogP contribution in [0, 0.1) is 5.82 Å². The molecule has 0 unspecified atom stereocenters. The van der Waals surface area contributed by atoms with Crippen molar-refractivity contribution in [3.05, 3.63) is 35.6 Å².